The third-order valence-corrected chi connectivity index (χ3v) is 8.00. The summed E-state index contributed by atoms with van der Waals surface area (Å²) in [6.07, 6.45) is 2.55. The van der Waals surface area contributed by atoms with Gasteiger partial charge in [-0.1, -0.05) is 39.1 Å². The second-order valence-electron chi connectivity index (χ2n) is 9.69. The summed E-state index contributed by atoms with van der Waals surface area (Å²) in [7, 11) is -2.24. The zero-order valence-corrected chi connectivity index (χ0v) is 21.6. The molecule has 1 heterocycles. The lowest BCUT2D eigenvalue weighted by atomic mass is 9.91. The summed E-state index contributed by atoms with van der Waals surface area (Å²) >= 11 is 0. The highest BCUT2D eigenvalue weighted by atomic mass is 28.3. The molecule has 0 aliphatic carbocycles. The maximum Gasteiger partial charge on any atom is 0.251 e. The second-order valence-corrected chi connectivity index (χ2v) is 14.7. The van der Waals surface area contributed by atoms with Crippen LogP contribution < -0.4 is 15.2 Å². The van der Waals surface area contributed by atoms with Gasteiger partial charge in [0.25, 0.3) is 5.91 Å². The molecule has 0 radical (unpaired) electrons. The van der Waals surface area contributed by atoms with E-state index in [4.69, 9.17) is 4.74 Å². The van der Waals surface area contributed by atoms with Crippen molar-refractivity contribution in [3.63, 3.8) is 0 Å². The van der Waals surface area contributed by atoms with E-state index in [1.165, 1.54) is 12.1 Å². The minimum Gasteiger partial charge on any atom is -0.494 e. The molecule has 3 rings (SSSR count). The van der Waals surface area contributed by atoms with Crippen LogP contribution in [0.25, 0.3) is 0 Å². The lowest BCUT2D eigenvalue weighted by Gasteiger charge is -2.36. The molecule has 2 aromatic carbocycles. The number of fused-ring (bicyclic) bond motifs is 1. The van der Waals surface area contributed by atoms with Crippen LogP contribution in [0.4, 0.5) is 14.5 Å². The van der Waals surface area contributed by atoms with Crippen molar-refractivity contribution in [2.45, 2.75) is 65.2 Å². The molecule has 0 saturated carbocycles. The smallest absolute Gasteiger partial charge is 0.251 e. The summed E-state index contributed by atoms with van der Waals surface area (Å²) in [5, 5.41) is 2.77. The highest BCUT2D eigenvalue weighted by molar-refractivity contribution is 6.88. The number of rotatable bonds is 8. The van der Waals surface area contributed by atoms with Gasteiger partial charge in [-0.15, -0.1) is 0 Å². The predicted octanol–water partition coefficient (Wildman–Crippen LogP) is 5.16. The summed E-state index contributed by atoms with van der Waals surface area (Å²) in [6, 6.07) is 6.94. The lowest BCUT2D eigenvalue weighted by Crippen LogP contribution is -2.45. The van der Waals surface area contributed by atoms with Crippen LogP contribution in [0.2, 0.25) is 19.6 Å². The van der Waals surface area contributed by atoms with E-state index in [1.54, 1.807) is 17.0 Å². The zero-order chi connectivity index (χ0) is 25.0. The van der Waals surface area contributed by atoms with Crippen LogP contribution in [-0.4, -0.2) is 37.9 Å². The molecule has 8 heteroatoms. The standard InChI is InChI=1S/C26H34F2N2O3Si/c1-6-8-9-23(31)30-13-12-17-14-19(33-7-2)10-11-20(17)24(30)26(32)29-18-15-21(27)25(22(28)16-18)34(3,4)5/h10-11,14-16,24H,6-9,12-13H2,1-5H3,(H,29,32)/t24-/m1/s1. The number of unbranched alkanes of at least 4 members (excludes halogenated alkanes) is 1. The molecule has 1 aliphatic rings. The number of amides is 2. The Labute approximate surface area is 201 Å². The summed E-state index contributed by atoms with van der Waals surface area (Å²) in [5.74, 6) is -1.20. The van der Waals surface area contributed by atoms with Gasteiger partial charge in [0.15, 0.2) is 0 Å². The Morgan fingerprint density at radius 1 is 1.12 bits per heavy atom. The van der Waals surface area contributed by atoms with Crippen molar-refractivity contribution in [1.82, 2.24) is 4.90 Å². The van der Waals surface area contributed by atoms with E-state index >= 15 is 0 Å². The van der Waals surface area contributed by atoms with E-state index in [0.29, 0.717) is 37.3 Å². The Morgan fingerprint density at radius 2 is 1.79 bits per heavy atom. The summed E-state index contributed by atoms with van der Waals surface area (Å²) in [6.45, 7) is 10.4. The molecule has 1 aliphatic heterocycles. The molecule has 0 unspecified atom stereocenters. The molecule has 5 nitrogen and oxygen atoms in total. The van der Waals surface area contributed by atoms with Gasteiger partial charge in [-0.25, -0.2) is 8.78 Å². The molecule has 1 atom stereocenters. The topological polar surface area (TPSA) is 58.6 Å². The van der Waals surface area contributed by atoms with E-state index in [1.807, 2.05) is 39.6 Å². The number of hydrogen-bond acceptors (Lipinski definition) is 3. The molecular formula is C26H34F2N2O3Si. The predicted molar refractivity (Wildman–Crippen MR) is 133 cm³/mol. The van der Waals surface area contributed by atoms with E-state index in [2.05, 4.69) is 5.32 Å². The lowest BCUT2D eigenvalue weighted by molar-refractivity contribution is -0.139. The van der Waals surface area contributed by atoms with Crippen molar-refractivity contribution in [3.05, 3.63) is 53.1 Å². The van der Waals surface area contributed by atoms with Crippen LogP contribution in [0.5, 0.6) is 5.75 Å². The Balaban J connectivity index is 1.96. The van der Waals surface area contributed by atoms with Crippen molar-refractivity contribution in [1.29, 1.82) is 0 Å². The third kappa shape index (κ3) is 5.66. The van der Waals surface area contributed by atoms with Crippen molar-refractivity contribution < 1.29 is 23.1 Å². The molecule has 0 fully saturated rings. The van der Waals surface area contributed by atoms with Crippen LogP contribution in [0.3, 0.4) is 0 Å². The van der Waals surface area contributed by atoms with Gasteiger partial charge in [-0.3, -0.25) is 9.59 Å². The minimum atomic E-state index is -2.24. The largest absolute Gasteiger partial charge is 0.494 e. The van der Waals surface area contributed by atoms with Crippen molar-refractivity contribution >= 4 is 30.8 Å². The van der Waals surface area contributed by atoms with E-state index in [9.17, 15) is 18.4 Å². The summed E-state index contributed by atoms with van der Waals surface area (Å²) in [5.41, 5.74) is 1.68. The first-order chi connectivity index (χ1) is 16.1. The quantitative estimate of drug-likeness (QED) is 0.522. The molecule has 1 N–H and O–H groups in total. The van der Waals surface area contributed by atoms with Gasteiger partial charge >= 0.3 is 0 Å². The second kappa shape index (κ2) is 10.7. The average molecular weight is 489 g/mol. The Hall–Kier alpha value is -2.74. The zero-order valence-electron chi connectivity index (χ0n) is 20.6. The molecule has 0 aromatic heterocycles. The van der Waals surface area contributed by atoms with E-state index < -0.39 is 31.7 Å². The monoisotopic (exact) mass is 488 g/mol. The summed E-state index contributed by atoms with van der Waals surface area (Å²) in [4.78, 5) is 28.0. The summed E-state index contributed by atoms with van der Waals surface area (Å²) < 4.78 is 35.1. The molecule has 0 spiro atoms. The first-order valence-corrected chi connectivity index (χ1v) is 15.4. The fourth-order valence-electron chi connectivity index (χ4n) is 4.46. The fraction of sp³-hybridized carbons (Fsp3) is 0.462. The van der Waals surface area contributed by atoms with Crippen LogP contribution >= 0.6 is 0 Å². The highest BCUT2D eigenvalue weighted by Gasteiger charge is 2.36. The number of nitrogens with one attached hydrogen (secondary N) is 1. The van der Waals surface area contributed by atoms with Crippen LogP contribution in [0.1, 0.15) is 50.3 Å². The van der Waals surface area contributed by atoms with Gasteiger partial charge in [0.2, 0.25) is 5.91 Å². The molecule has 184 valence electrons. The molecule has 0 saturated heterocycles. The van der Waals surface area contributed by atoms with Crippen molar-refractivity contribution in [3.8, 4) is 5.75 Å². The Kier molecular flexibility index (Phi) is 8.12. The number of carbonyl (C=O) groups is 2. The van der Waals surface area contributed by atoms with Gasteiger partial charge < -0.3 is 15.0 Å². The number of nitrogens with zero attached hydrogens (tertiary/aromatic N) is 1. The van der Waals surface area contributed by atoms with Crippen LogP contribution in [0, 0.1) is 11.6 Å². The number of halogens is 2. The maximum atomic E-state index is 14.8. The highest BCUT2D eigenvalue weighted by Crippen LogP contribution is 2.34. The van der Waals surface area contributed by atoms with Crippen molar-refractivity contribution in [2.24, 2.45) is 0 Å². The fourth-order valence-corrected chi connectivity index (χ4v) is 6.03. The van der Waals surface area contributed by atoms with Gasteiger partial charge in [0.1, 0.15) is 23.4 Å². The first kappa shape index (κ1) is 25.9. The van der Waals surface area contributed by atoms with Gasteiger partial charge in [-0.05, 0) is 55.2 Å². The van der Waals surface area contributed by atoms with E-state index in [-0.39, 0.29) is 16.8 Å². The number of carbonyl (C=O) groups excluding carboxylic acids is 2. The first-order valence-electron chi connectivity index (χ1n) is 11.9. The third-order valence-electron chi connectivity index (χ3n) is 6.03. The van der Waals surface area contributed by atoms with Crippen molar-refractivity contribution in [2.75, 3.05) is 18.5 Å². The molecule has 0 bridgehead atoms. The molecule has 2 amide bonds. The normalized spacial score (nSPS) is 15.6. The number of ether oxygens (including phenoxy) is 1. The number of anilines is 1. The minimum absolute atomic E-state index is 0.0426. The Morgan fingerprint density at radius 3 is 2.38 bits per heavy atom. The number of hydrogen-bond donors (Lipinski definition) is 1. The van der Waals surface area contributed by atoms with Gasteiger partial charge in [0, 0.05) is 23.8 Å². The maximum absolute atomic E-state index is 14.8. The average Bonchev–Trinajstić information content (AvgIpc) is 2.75. The molecular weight excluding hydrogens is 454 g/mol. The van der Waals surface area contributed by atoms with E-state index in [0.717, 1.165) is 18.4 Å². The van der Waals surface area contributed by atoms with Gasteiger partial charge in [0.05, 0.1) is 14.7 Å². The van der Waals surface area contributed by atoms with Crippen LogP contribution in [-0.2, 0) is 16.0 Å². The SMILES string of the molecule is CCCCC(=O)N1CCc2cc(OCC)ccc2[C@@H]1C(=O)Nc1cc(F)c([Si](C)(C)C)c(F)c1. The Bertz CT molecular complexity index is 1050. The molecule has 34 heavy (non-hydrogen) atoms. The van der Waals surface area contributed by atoms with Gasteiger partial charge in [-0.2, -0.15) is 0 Å². The van der Waals surface area contributed by atoms with Crippen LogP contribution in [0.15, 0.2) is 30.3 Å². The number of benzene rings is 2. The molecule has 2 aromatic rings.